The van der Waals surface area contributed by atoms with Crippen LogP contribution in [0.4, 0.5) is 4.39 Å². The Labute approximate surface area is 145 Å². The van der Waals surface area contributed by atoms with Crippen LogP contribution < -0.4 is 4.90 Å². The summed E-state index contributed by atoms with van der Waals surface area (Å²) >= 11 is 0. The highest BCUT2D eigenvalue weighted by Crippen LogP contribution is 2.37. The largest absolute Gasteiger partial charge is 0.503 e. The molecule has 6 nitrogen and oxygen atoms in total. The number of aliphatic hydroxyl groups is 1. The Morgan fingerprint density at radius 3 is 2.56 bits per heavy atom. The molecule has 25 heavy (non-hydrogen) atoms. The number of ether oxygens (including phenoxy) is 1. The molecule has 1 saturated heterocycles. The highest BCUT2D eigenvalue weighted by molar-refractivity contribution is 6.08. The van der Waals surface area contributed by atoms with Crippen LogP contribution in [0.2, 0.25) is 0 Å². The monoisotopic (exact) mass is 349 g/mol. The number of nitrogens with zero attached hydrogens (tertiary/aromatic N) is 1. The number of amides is 1. The van der Waals surface area contributed by atoms with Crippen molar-refractivity contribution in [2.45, 2.75) is 13.0 Å². The van der Waals surface area contributed by atoms with Crippen molar-refractivity contribution in [1.29, 1.82) is 0 Å². The Hall–Kier alpha value is -2.25. The number of Topliss-reactive ketones (excluding diaryl/α,β-unsaturated/α-hetero) is 1. The first-order valence-electron chi connectivity index (χ1n) is 8.41. The molecule has 2 heterocycles. The molecule has 2 N–H and O–H groups in total. The maximum Gasteiger partial charge on any atom is 0.290 e. The van der Waals surface area contributed by atoms with Gasteiger partial charge in [0.15, 0.2) is 11.5 Å². The Balaban J connectivity index is 1.85. The van der Waals surface area contributed by atoms with Crippen LogP contribution in [0.25, 0.3) is 0 Å². The lowest BCUT2D eigenvalue weighted by atomic mass is 9.97. The fourth-order valence-electron chi connectivity index (χ4n) is 3.42. The Morgan fingerprint density at radius 1 is 1.32 bits per heavy atom. The van der Waals surface area contributed by atoms with E-state index < -0.39 is 23.5 Å². The zero-order valence-electron chi connectivity index (χ0n) is 14.1. The highest BCUT2D eigenvalue weighted by Gasteiger charge is 2.42. The minimum absolute atomic E-state index is 0.0774. The summed E-state index contributed by atoms with van der Waals surface area (Å²) in [6.07, 6.45) is 0. The van der Waals surface area contributed by atoms with Crippen LogP contribution in [0, 0.1) is 5.82 Å². The van der Waals surface area contributed by atoms with Crippen LogP contribution in [0.3, 0.4) is 0 Å². The van der Waals surface area contributed by atoms with Crippen LogP contribution in [-0.2, 0) is 14.3 Å². The second-order valence-corrected chi connectivity index (χ2v) is 6.38. The average molecular weight is 349 g/mol. The summed E-state index contributed by atoms with van der Waals surface area (Å²) < 4.78 is 18.6. The molecule has 0 spiro atoms. The van der Waals surface area contributed by atoms with Gasteiger partial charge in [0, 0.05) is 0 Å². The summed E-state index contributed by atoms with van der Waals surface area (Å²) in [6.45, 7) is 5.53. The Kier molecular flexibility index (Phi) is 5.15. The number of nitrogens with one attached hydrogen (secondary N) is 1. The van der Waals surface area contributed by atoms with Gasteiger partial charge in [-0.15, -0.1) is 0 Å². The van der Waals surface area contributed by atoms with E-state index in [1.807, 2.05) is 0 Å². The number of aliphatic hydroxyl groups excluding tert-OH is 1. The summed E-state index contributed by atoms with van der Waals surface area (Å²) in [5.41, 5.74) is 0.689. The molecule has 1 fully saturated rings. The second-order valence-electron chi connectivity index (χ2n) is 6.38. The average Bonchev–Trinajstić information content (AvgIpc) is 2.86. The van der Waals surface area contributed by atoms with Crippen LogP contribution in [0.5, 0.6) is 0 Å². The molecular weight excluding hydrogens is 327 g/mol. The standard InChI is InChI=1S/C18H21FN2O4/c1-12(22)15-16(13-2-4-14(19)5-3-13)21(18(24)17(15)23)7-6-20-8-10-25-11-9-20/h2-5,16,23H,6-11H2,1H3/p+1. The molecular formula is C18H22FN2O4+. The van der Waals surface area contributed by atoms with Crippen molar-refractivity contribution in [3.63, 3.8) is 0 Å². The summed E-state index contributed by atoms with van der Waals surface area (Å²) in [5.74, 6) is -1.80. The molecule has 1 atom stereocenters. The lowest BCUT2D eigenvalue weighted by molar-refractivity contribution is -0.907. The van der Waals surface area contributed by atoms with Crippen molar-refractivity contribution >= 4 is 11.7 Å². The maximum absolute atomic E-state index is 13.2. The van der Waals surface area contributed by atoms with Gasteiger partial charge >= 0.3 is 0 Å². The van der Waals surface area contributed by atoms with E-state index in [1.165, 1.54) is 28.9 Å². The van der Waals surface area contributed by atoms with E-state index in [1.54, 1.807) is 12.1 Å². The molecule has 2 aliphatic rings. The molecule has 0 radical (unpaired) electrons. The third-order valence-electron chi connectivity index (χ3n) is 4.77. The number of rotatable bonds is 5. The first kappa shape index (κ1) is 17.6. The number of hydrogen-bond acceptors (Lipinski definition) is 4. The molecule has 0 aliphatic carbocycles. The summed E-state index contributed by atoms with van der Waals surface area (Å²) in [6, 6.07) is 5.00. The van der Waals surface area contributed by atoms with Crippen LogP contribution in [-0.4, -0.2) is 61.1 Å². The van der Waals surface area contributed by atoms with Gasteiger partial charge in [0.25, 0.3) is 5.91 Å². The quantitative estimate of drug-likeness (QED) is 0.787. The van der Waals surface area contributed by atoms with E-state index in [4.69, 9.17) is 4.74 Å². The van der Waals surface area contributed by atoms with Gasteiger partial charge in [-0.2, -0.15) is 0 Å². The fourth-order valence-corrected chi connectivity index (χ4v) is 3.42. The number of carbonyl (C=O) groups excluding carboxylic acids is 2. The van der Waals surface area contributed by atoms with E-state index in [2.05, 4.69) is 0 Å². The van der Waals surface area contributed by atoms with Gasteiger partial charge in [-0.1, -0.05) is 12.1 Å². The summed E-state index contributed by atoms with van der Waals surface area (Å²) in [7, 11) is 0. The molecule has 1 aromatic carbocycles. The third-order valence-corrected chi connectivity index (χ3v) is 4.77. The van der Waals surface area contributed by atoms with Gasteiger partial charge < -0.3 is 19.6 Å². The zero-order valence-corrected chi connectivity index (χ0v) is 14.1. The molecule has 0 bridgehead atoms. The second kappa shape index (κ2) is 7.33. The molecule has 1 amide bonds. The number of quaternary nitrogens is 1. The van der Waals surface area contributed by atoms with Crippen molar-refractivity contribution in [2.24, 2.45) is 0 Å². The lowest BCUT2D eigenvalue weighted by Gasteiger charge is -2.29. The van der Waals surface area contributed by atoms with Gasteiger partial charge in [0.2, 0.25) is 0 Å². The summed E-state index contributed by atoms with van der Waals surface area (Å²) in [5, 5.41) is 10.2. The number of carbonyl (C=O) groups is 2. The maximum atomic E-state index is 13.2. The normalized spacial score (nSPS) is 21.9. The predicted octanol–water partition coefficient (Wildman–Crippen LogP) is 0.0252. The van der Waals surface area contributed by atoms with Gasteiger partial charge in [0.05, 0.1) is 37.9 Å². The predicted molar refractivity (Wildman–Crippen MR) is 87.6 cm³/mol. The first-order valence-corrected chi connectivity index (χ1v) is 8.41. The van der Waals surface area contributed by atoms with Crippen LogP contribution in [0.15, 0.2) is 35.6 Å². The molecule has 1 aromatic rings. The van der Waals surface area contributed by atoms with E-state index >= 15 is 0 Å². The number of halogens is 1. The molecule has 134 valence electrons. The molecule has 2 aliphatic heterocycles. The van der Waals surface area contributed by atoms with E-state index in [0.717, 1.165) is 13.1 Å². The Bertz CT molecular complexity index is 696. The van der Waals surface area contributed by atoms with Crippen LogP contribution in [0.1, 0.15) is 18.5 Å². The fraction of sp³-hybridized carbons (Fsp3) is 0.444. The highest BCUT2D eigenvalue weighted by atomic mass is 19.1. The first-order chi connectivity index (χ1) is 12.0. The number of benzene rings is 1. The number of ketones is 1. The van der Waals surface area contributed by atoms with Crippen molar-refractivity contribution in [3.05, 3.63) is 47.0 Å². The van der Waals surface area contributed by atoms with Gasteiger partial charge in [-0.3, -0.25) is 9.59 Å². The molecule has 7 heteroatoms. The zero-order chi connectivity index (χ0) is 18.0. The van der Waals surface area contributed by atoms with E-state index in [9.17, 15) is 19.1 Å². The van der Waals surface area contributed by atoms with Gasteiger partial charge in [0.1, 0.15) is 18.9 Å². The van der Waals surface area contributed by atoms with Crippen molar-refractivity contribution in [2.75, 3.05) is 39.4 Å². The Morgan fingerprint density at radius 2 is 1.96 bits per heavy atom. The third kappa shape index (κ3) is 3.57. The van der Waals surface area contributed by atoms with Crippen molar-refractivity contribution in [1.82, 2.24) is 4.90 Å². The smallest absolute Gasteiger partial charge is 0.290 e. The topological polar surface area (TPSA) is 71.3 Å². The minimum atomic E-state index is -0.675. The molecule has 0 aromatic heterocycles. The van der Waals surface area contributed by atoms with Crippen molar-refractivity contribution in [3.8, 4) is 0 Å². The summed E-state index contributed by atoms with van der Waals surface area (Å²) in [4.78, 5) is 27.3. The molecule has 0 saturated carbocycles. The lowest BCUT2D eigenvalue weighted by Crippen LogP contribution is -3.14. The molecule has 1 unspecified atom stereocenters. The van der Waals surface area contributed by atoms with Gasteiger partial charge in [-0.05, 0) is 24.6 Å². The minimum Gasteiger partial charge on any atom is -0.503 e. The number of morpholine rings is 1. The molecule has 3 rings (SSSR count). The van der Waals surface area contributed by atoms with Crippen molar-refractivity contribution < 1.29 is 28.7 Å². The number of hydrogen-bond donors (Lipinski definition) is 2. The van der Waals surface area contributed by atoms with Crippen LogP contribution >= 0.6 is 0 Å². The SMILES string of the molecule is CC(=O)C1=C(O)C(=O)N(CC[NH+]2CCOCC2)C1c1ccc(F)cc1. The van der Waals surface area contributed by atoms with E-state index in [-0.39, 0.29) is 11.4 Å². The van der Waals surface area contributed by atoms with E-state index in [0.29, 0.717) is 31.9 Å². The van der Waals surface area contributed by atoms with Gasteiger partial charge in [-0.25, -0.2) is 4.39 Å².